The van der Waals surface area contributed by atoms with Gasteiger partial charge in [0.1, 0.15) is 0 Å². The summed E-state index contributed by atoms with van der Waals surface area (Å²) < 4.78 is 0. The number of urea groups is 1. The van der Waals surface area contributed by atoms with E-state index in [0.29, 0.717) is 5.02 Å². The summed E-state index contributed by atoms with van der Waals surface area (Å²) >= 11 is 5.94. The van der Waals surface area contributed by atoms with Crippen LogP contribution < -0.4 is 10.6 Å². The summed E-state index contributed by atoms with van der Waals surface area (Å²) in [5.74, 6) is 0. The van der Waals surface area contributed by atoms with Crippen molar-refractivity contribution in [3.63, 3.8) is 0 Å². The number of benzene rings is 2. The third kappa shape index (κ3) is 2.95. The molecule has 3 rings (SSSR count). The zero-order valence-electron chi connectivity index (χ0n) is 12.5. The normalized spacial score (nSPS) is 15.7. The molecule has 3 nitrogen and oxygen atoms in total. The molecule has 0 radical (unpaired) electrons. The van der Waals surface area contributed by atoms with Crippen LogP contribution in [-0.2, 0) is 5.54 Å². The predicted octanol–water partition coefficient (Wildman–Crippen LogP) is 4.85. The number of hydrogen-bond acceptors (Lipinski definition) is 1. The van der Waals surface area contributed by atoms with Gasteiger partial charge in [-0.15, -0.1) is 0 Å². The van der Waals surface area contributed by atoms with Crippen molar-refractivity contribution >= 4 is 23.3 Å². The van der Waals surface area contributed by atoms with E-state index in [1.807, 2.05) is 37.3 Å². The first-order valence-corrected chi connectivity index (χ1v) is 7.88. The zero-order chi connectivity index (χ0) is 15.6. The number of aryl methyl sites for hydroxylation is 1. The molecule has 1 aliphatic rings. The van der Waals surface area contributed by atoms with E-state index in [1.54, 1.807) is 6.07 Å². The average Bonchev–Trinajstić information content (AvgIpc) is 2.47. The monoisotopic (exact) mass is 314 g/mol. The number of carbonyl (C=O) groups is 1. The van der Waals surface area contributed by atoms with Gasteiger partial charge in [0.25, 0.3) is 0 Å². The van der Waals surface area contributed by atoms with Gasteiger partial charge in [0, 0.05) is 10.7 Å². The Kier molecular flexibility index (Phi) is 4.08. The molecule has 22 heavy (non-hydrogen) atoms. The van der Waals surface area contributed by atoms with Gasteiger partial charge in [0.2, 0.25) is 0 Å². The van der Waals surface area contributed by atoms with Crippen LogP contribution in [0.15, 0.2) is 48.5 Å². The van der Waals surface area contributed by atoms with Gasteiger partial charge >= 0.3 is 6.03 Å². The molecule has 2 N–H and O–H groups in total. The van der Waals surface area contributed by atoms with Crippen molar-refractivity contribution in [3.05, 3.63) is 64.7 Å². The average molecular weight is 315 g/mol. The zero-order valence-corrected chi connectivity index (χ0v) is 13.3. The van der Waals surface area contributed by atoms with Crippen LogP contribution in [-0.4, -0.2) is 6.03 Å². The lowest BCUT2D eigenvalue weighted by molar-refractivity contribution is 0.185. The largest absolute Gasteiger partial charge is 0.328 e. The minimum absolute atomic E-state index is 0.172. The third-order valence-corrected chi connectivity index (χ3v) is 4.56. The molecule has 2 aromatic rings. The van der Waals surface area contributed by atoms with E-state index in [4.69, 9.17) is 11.6 Å². The van der Waals surface area contributed by atoms with Gasteiger partial charge in [-0.2, -0.15) is 0 Å². The van der Waals surface area contributed by atoms with Crippen molar-refractivity contribution in [2.75, 3.05) is 5.32 Å². The molecule has 1 saturated carbocycles. The fraction of sp³-hybridized carbons (Fsp3) is 0.278. The van der Waals surface area contributed by atoms with Crippen molar-refractivity contribution < 1.29 is 4.79 Å². The first-order valence-electron chi connectivity index (χ1n) is 7.50. The second kappa shape index (κ2) is 6.01. The minimum atomic E-state index is -0.230. The summed E-state index contributed by atoms with van der Waals surface area (Å²) in [7, 11) is 0. The molecule has 0 saturated heterocycles. The van der Waals surface area contributed by atoms with Crippen LogP contribution in [0.4, 0.5) is 10.5 Å². The van der Waals surface area contributed by atoms with Crippen molar-refractivity contribution in [1.82, 2.24) is 5.32 Å². The lowest BCUT2D eigenvalue weighted by Crippen LogP contribution is -2.52. The van der Waals surface area contributed by atoms with Crippen LogP contribution in [0.2, 0.25) is 5.02 Å². The summed E-state index contributed by atoms with van der Waals surface area (Å²) in [6.45, 7) is 1.93. The topological polar surface area (TPSA) is 41.1 Å². The number of carbonyl (C=O) groups excluding carboxylic acids is 1. The van der Waals surface area contributed by atoms with Crippen LogP contribution in [0.25, 0.3) is 0 Å². The molecular weight excluding hydrogens is 296 g/mol. The van der Waals surface area contributed by atoms with Crippen LogP contribution in [0.3, 0.4) is 0 Å². The molecule has 1 fully saturated rings. The number of hydrogen-bond donors (Lipinski definition) is 2. The Bertz CT molecular complexity index is 681. The summed E-state index contributed by atoms with van der Waals surface area (Å²) in [5, 5.41) is 6.75. The molecule has 1 aliphatic carbocycles. The summed E-state index contributed by atoms with van der Waals surface area (Å²) in [6, 6.07) is 15.4. The van der Waals surface area contributed by atoms with Gasteiger partial charge in [-0.25, -0.2) is 4.79 Å². The highest BCUT2D eigenvalue weighted by Gasteiger charge is 2.39. The number of anilines is 1. The number of nitrogens with one attached hydrogen (secondary N) is 2. The predicted molar refractivity (Wildman–Crippen MR) is 90.3 cm³/mol. The van der Waals surface area contributed by atoms with Gasteiger partial charge in [-0.3, -0.25) is 0 Å². The highest BCUT2D eigenvalue weighted by atomic mass is 35.5. The van der Waals surface area contributed by atoms with Gasteiger partial charge in [0.15, 0.2) is 0 Å². The summed E-state index contributed by atoms with van der Waals surface area (Å²) in [5.41, 5.74) is 2.67. The maximum absolute atomic E-state index is 12.4. The van der Waals surface area contributed by atoms with E-state index in [0.717, 1.165) is 30.5 Å². The van der Waals surface area contributed by atoms with Crippen molar-refractivity contribution in [3.8, 4) is 0 Å². The molecular formula is C18H19ClN2O. The first kappa shape index (κ1) is 14.9. The highest BCUT2D eigenvalue weighted by Crippen LogP contribution is 2.41. The summed E-state index contributed by atoms with van der Waals surface area (Å²) in [6.07, 6.45) is 3.09. The smallest absolute Gasteiger partial charge is 0.319 e. The Balaban J connectivity index is 1.73. The van der Waals surface area contributed by atoms with Crippen LogP contribution in [0, 0.1) is 6.92 Å². The van der Waals surface area contributed by atoms with Crippen LogP contribution >= 0.6 is 11.6 Å². The van der Waals surface area contributed by atoms with Gasteiger partial charge in [-0.05, 0) is 55.5 Å². The van der Waals surface area contributed by atoms with E-state index in [-0.39, 0.29) is 11.6 Å². The molecule has 0 atom stereocenters. The fourth-order valence-corrected chi connectivity index (χ4v) is 3.14. The van der Waals surface area contributed by atoms with Crippen molar-refractivity contribution in [2.45, 2.75) is 31.7 Å². The van der Waals surface area contributed by atoms with Crippen molar-refractivity contribution in [1.29, 1.82) is 0 Å². The standard InChI is InChI=1S/C18H19ClN2O/c1-13-12-15(19)8-9-16(13)20-17(22)21-18(10-5-11-18)14-6-3-2-4-7-14/h2-4,6-9,12H,5,10-11H2,1H3,(H2,20,21,22). The molecule has 0 aliphatic heterocycles. The Morgan fingerprint density at radius 1 is 1.14 bits per heavy atom. The maximum Gasteiger partial charge on any atom is 0.319 e. The van der Waals surface area contributed by atoms with Crippen LogP contribution in [0.1, 0.15) is 30.4 Å². The summed E-state index contributed by atoms with van der Waals surface area (Å²) in [4.78, 5) is 12.4. The number of amides is 2. The Labute approximate surface area is 135 Å². The highest BCUT2D eigenvalue weighted by molar-refractivity contribution is 6.30. The van der Waals surface area contributed by atoms with E-state index >= 15 is 0 Å². The van der Waals surface area contributed by atoms with Gasteiger partial charge in [0.05, 0.1) is 5.54 Å². The molecule has 0 bridgehead atoms. The quantitative estimate of drug-likeness (QED) is 0.835. The lowest BCUT2D eigenvalue weighted by Gasteiger charge is -2.43. The van der Waals surface area contributed by atoms with Crippen molar-refractivity contribution in [2.24, 2.45) is 0 Å². The maximum atomic E-state index is 12.4. The van der Waals surface area contributed by atoms with E-state index in [9.17, 15) is 4.79 Å². The molecule has 0 spiro atoms. The second-order valence-electron chi connectivity index (χ2n) is 5.84. The fourth-order valence-electron chi connectivity index (χ4n) is 2.91. The third-order valence-electron chi connectivity index (χ3n) is 4.32. The molecule has 0 aromatic heterocycles. The molecule has 0 heterocycles. The van der Waals surface area contributed by atoms with Gasteiger partial charge in [-0.1, -0.05) is 41.9 Å². The molecule has 0 unspecified atom stereocenters. The minimum Gasteiger partial charge on any atom is -0.328 e. The second-order valence-corrected chi connectivity index (χ2v) is 6.28. The Morgan fingerprint density at radius 2 is 1.86 bits per heavy atom. The molecule has 114 valence electrons. The first-order chi connectivity index (χ1) is 10.6. The van der Waals surface area contributed by atoms with Crippen LogP contribution in [0.5, 0.6) is 0 Å². The lowest BCUT2D eigenvalue weighted by atomic mass is 9.72. The van der Waals surface area contributed by atoms with E-state index < -0.39 is 0 Å². The SMILES string of the molecule is Cc1cc(Cl)ccc1NC(=O)NC1(c2ccccc2)CCC1. The number of halogens is 1. The Morgan fingerprint density at radius 3 is 2.45 bits per heavy atom. The van der Waals surface area contributed by atoms with E-state index in [1.165, 1.54) is 5.56 Å². The Hall–Kier alpha value is -2.00. The number of rotatable bonds is 3. The molecule has 2 aromatic carbocycles. The van der Waals surface area contributed by atoms with Gasteiger partial charge < -0.3 is 10.6 Å². The molecule has 4 heteroatoms. The molecule has 2 amide bonds. The van der Waals surface area contributed by atoms with E-state index in [2.05, 4.69) is 22.8 Å².